The van der Waals surface area contributed by atoms with E-state index in [1.807, 2.05) is 17.9 Å². The molecule has 1 saturated carbocycles. The maximum Gasteiger partial charge on any atom is 0.0492 e. The van der Waals surface area contributed by atoms with Crippen molar-refractivity contribution in [3.05, 3.63) is 18.0 Å². The molecule has 3 nitrogen and oxygen atoms in total. The van der Waals surface area contributed by atoms with Gasteiger partial charge in [0.25, 0.3) is 0 Å². The van der Waals surface area contributed by atoms with Gasteiger partial charge in [-0.05, 0) is 24.8 Å². The number of nitrogens with one attached hydrogen (secondary N) is 1. The van der Waals surface area contributed by atoms with E-state index in [1.54, 1.807) is 0 Å². The Labute approximate surface area is 85.5 Å². The second-order valence-electron chi connectivity index (χ2n) is 4.42. The molecule has 1 aromatic rings. The Kier molecular flexibility index (Phi) is 2.87. The van der Waals surface area contributed by atoms with Gasteiger partial charge in [0.05, 0.1) is 0 Å². The first kappa shape index (κ1) is 9.71. The van der Waals surface area contributed by atoms with Gasteiger partial charge in [-0.2, -0.15) is 5.10 Å². The lowest BCUT2D eigenvalue weighted by Gasteiger charge is -2.33. The standard InChI is InChI=1S/C11H19N3/c1-9-7-10(8-9)12-5-3-11-4-6-13-14(11)2/h4,6,9-10,12H,3,5,7-8H2,1-2H3. The first-order chi connectivity index (χ1) is 6.75. The number of nitrogens with zero attached hydrogens (tertiary/aromatic N) is 2. The fraction of sp³-hybridized carbons (Fsp3) is 0.727. The predicted octanol–water partition coefficient (Wildman–Crippen LogP) is 1.35. The van der Waals surface area contributed by atoms with E-state index in [2.05, 4.69) is 23.4 Å². The minimum Gasteiger partial charge on any atom is -0.314 e. The van der Waals surface area contributed by atoms with Crippen LogP contribution in [0.5, 0.6) is 0 Å². The molecule has 0 aromatic carbocycles. The van der Waals surface area contributed by atoms with E-state index in [0.29, 0.717) is 0 Å². The van der Waals surface area contributed by atoms with Crippen molar-refractivity contribution in [3.8, 4) is 0 Å². The third-order valence-corrected chi connectivity index (χ3v) is 3.11. The van der Waals surface area contributed by atoms with Crippen molar-refractivity contribution in [1.82, 2.24) is 15.1 Å². The Morgan fingerprint density at radius 2 is 2.36 bits per heavy atom. The molecule has 0 bridgehead atoms. The summed E-state index contributed by atoms with van der Waals surface area (Å²) in [4.78, 5) is 0. The van der Waals surface area contributed by atoms with Gasteiger partial charge in [0.2, 0.25) is 0 Å². The van der Waals surface area contributed by atoms with Crippen molar-refractivity contribution >= 4 is 0 Å². The molecule has 0 spiro atoms. The van der Waals surface area contributed by atoms with Crippen molar-refractivity contribution in [3.63, 3.8) is 0 Å². The van der Waals surface area contributed by atoms with Crippen LogP contribution in [-0.2, 0) is 13.5 Å². The van der Waals surface area contributed by atoms with Gasteiger partial charge in [0, 0.05) is 37.9 Å². The molecule has 0 unspecified atom stereocenters. The van der Waals surface area contributed by atoms with E-state index < -0.39 is 0 Å². The van der Waals surface area contributed by atoms with Crippen LogP contribution < -0.4 is 5.32 Å². The zero-order chi connectivity index (χ0) is 9.97. The number of hydrogen-bond acceptors (Lipinski definition) is 2. The molecule has 0 radical (unpaired) electrons. The Balaban J connectivity index is 1.66. The minimum absolute atomic E-state index is 0.776. The molecule has 78 valence electrons. The highest BCUT2D eigenvalue weighted by Gasteiger charge is 2.24. The Morgan fingerprint density at radius 3 is 2.93 bits per heavy atom. The van der Waals surface area contributed by atoms with Gasteiger partial charge in [-0.3, -0.25) is 4.68 Å². The molecule has 1 aliphatic rings. The van der Waals surface area contributed by atoms with Crippen molar-refractivity contribution in [2.24, 2.45) is 13.0 Å². The van der Waals surface area contributed by atoms with E-state index in [4.69, 9.17) is 0 Å². The SMILES string of the molecule is CC1CC(NCCc2ccnn2C)C1. The Hall–Kier alpha value is -0.830. The third kappa shape index (κ3) is 2.15. The lowest BCUT2D eigenvalue weighted by Crippen LogP contribution is -2.41. The zero-order valence-corrected chi connectivity index (χ0v) is 9.03. The van der Waals surface area contributed by atoms with Crippen molar-refractivity contribution in [1.29, 1.82) is 0 Å². The summed E-state index contributed by atoms with van der Waals surface area (Å²) in [5.41, 5.74) is 1.31. The molecule has 3 heteroatoms. The molecule has 1 fully saturated rings. The van der Waals surface area contributed by atoms with Crippen LogP contribution >= 0.6 is 0 Å². The van der Waals surface area contributed by atoms with E-state index in [1.165, 1.54) is 18.5 Å². The molecular formula is C11H19N3. The maximum atomic E-state index is 4.15. The third-order valence-electron chi connectivity index (χ3n) is 3.11. The summed E-state index contributed by atoms with van der Waals surface area (Å²) in [5, 5.41) is 7.72. The average molecular weight is 193 g/mol. The zero-order valence-electron chi connectivity index (χ0n) is 9.03. The van der Waals surface area contributed by atoms with E-state index >= 15 is 0 Å². The van der Waals surface area contributed by atoms with Gasteiger partial charge in [-0.25, -0.2) is 0 Å². The van der Waals surface area contributed by atoms with Crippen LogP contribution in [0, 0.1) is 5.92 Å². The van der Waals surface area contributed by atoms with Gasteiger partial charge in [-0.15, -0.1) is 0 Å². The fourth-order valence-corrected chi connectivity index (χ4v) is 2.12. The largest absolute Gasteiger partial charge is 0.314 e. The highest BCUT2D eigenvalue weighted by atomic mass is 15.3. The topological polar surface area (TPSA) is 29.9 Å². The number of hydrogen-bond donors (Lipinski definition) is 1. The first-order valence-electron chi connectivity index (χ1n) is 5.46. The molecule has 14 heavy (non-hydrogen) atoms. The summed E-state index contributed by atoms with van der Waals surface area (Å²) < 4.78 is 1.95. The normalized spacial score (nSPS) is 26.1. The molecule has 1 N–H and O–H groups in total. The summed E-state index contributed by atoms with van der Waals surface area (Å²) >= 11 is 0. The van der Waals surface area contributed by atoms with E-state index in [9.17, 15) is 0 Å². The summed E-state index contributed by atoms with van der Waals surface area (Å²) in [6.07, 6.45) is 5.65. The second-order valence-corrected chi connectivity index (χ2v) is 4.42. The van der Waals surface area contributed by atoms with Crippen molar-refractivity contribution in [2.45, 2.75) is 32.2 Å². The highest BCUT2D eigenvalue weighted by molar-refractivity contribution is 5.00. The summed E-state index contributed by atoms with van der Waals surface area (Å²) in [6, 6.07) is 2.86. The maximum absolute atomic E-state index is 4.15. The molecular weight excluding hydrogens is 174 g/mol. The molecule has 1 aromatic heterocycles. The van der Waals surface area contributed by atoms with Crippen LogP contribution in [0.3, 0.4) is 0 Å². The Bertz CT molecular complexity index is 286. The van der Waals surface area contributed by atoms with Crippen molar-refractivity contribution < 1.29 is 0 Å². The van der Waals surface area contributed by atoms with E-state index in [0.717, 1.165) is 24.9 Å². The van der Waals surface area contributed by atoms with Crippen LogP contribution in [-0.4, -0.2) is 22.4 Å². The van der Waals surface area contributed by atoms with Gasteiger partial charge < -0.3 is 5.32 Å². The van der Waals surface area contributed by atoms with Gasteiger partial charge >= 0.3 is 0 Å². The number of aromatic nitrogens is 2. The second kappa shape index (κ2) is 4.13. The molecule has 0 amide bonds. The predicted molar refractivity (Wildman–Crippen MR) is 57.1 cm³/mol. The molecule has 2 rings (SSSR count). The molecule has 0 saturated heterocycles. The van der Waals surface area contributed by atoms with Gasteiger partial charge in [-0.1, -0.05) is 6.92 Å². The van der Waals surface area contributed by atoms with Crippen LogP contribution in [0.15, 0.2) is 12.3 Å². The van der Waals surface area contributed by atoms with Crippen LogP contribution in [0.25, 0.3) is 0 Å². The monoisotopic (exact) mass is 193 g/mol. The first-order valence-corrected chi connectivity index (χ1v) is 5.46. The molecule has 0 aliphatic heterocycles. The van der Waals surface area contributed by atoms with Crippen LogP contribution in [0.4, 0.5) is 0 Å². The molecule has 1 heterocycles. The smallest absolute Gasteiger partial charge is 0.0492 e. The summed E-state index contributed by atoms with van der Waals surface area (Å²) in [6.45, 7) is 3.40. The van der Waals surface area contributed by atoms with E-state index in [-0.39, 0.29) is 0 Å². The van der Waals surface area contributed by atoms with Gasteiger partial charge in [0.15, 0.2) is 0 Å². The lowest BCUT2D eigenvalue weighted by atomic mass is 9.82. The van der Waals surface area contributed by atoms with Crippen molar-refractivity contribution in [2.75, 3.05) is 6.54 Å². The molecule has 0 atom stereocenters. The summed E-state index contributed by atoms with van der Waals surface area (Å²) in [7, 11) is 2.00. The number of aryl methyl sites for hydroxylation is 1. The fourth-order valence-electron chi connectivity index (χ4n) is 2.12. The molecule has 1 aliphatic carbocycles. The minimum atomic E-state index is 0.776. The summed E-state index contributed by atoms with van der Waals surface area (Å²) in [5.74, 6) is 0.934. The van der Waals surface area contributed by atoms with Crippen LogP contribution in [0.1, 0.15) is 25.5 Å². The number of rotatable bonds is 4. The average Bonchev–Trinajstić information content (AvgIpc) is 2.49. The van der Waals surface area contributed by atoms with Crippen LogP contribution in [0.2, 0.25) is 0 Å². The highest BCUT2D eigenvalue weighted by Crippen LogP contribution is 2.25. The van der Waals surface area contributed by atoms with Gasteiger partial charge in [0.1, 0.15) is 0 Å². The Morgan fingerprint density at radius 1 is 1.57 bits per heavy atom. The quantitative estimate of drug-likeness (QED) is 0.782. The lowest BCUT2D eigenvalue weighted by molar-refractivity contribution is 0.243.